The predicted molar refractivity (Wildman–Crippen MR) is 266 cm³/mol. The zero-order chi connectivity index (χ0) is 45.1. The first-order chi connectivity index (χ1) is 30.5. The van der Waals surface area contributed by atoms with E-state index >= 15 is 0 Å². The molecule has 364 valence electrons. The van der Waals surface area contributed by atoms with Gasteiger partial charge >= 0.3 is 17.9 Å². The van der Waals surface area contributed by atoms with E-state index in [1.54, 1.807) is 0 Å². The molecule has 0 saturated heterocycles. The van der Waals surface area contributed by atoms with Crippen LogP contribution in [0.2, 0.25) is 0 Å². The molecule has 0 rings (SSSR count). The maximum Gasteiger partial charge on any atom is 0.306 e. The molecule has 0 aromatic heterocycles. The number of carbonyl (C=O) groups is 3. The van der Waals surface area contributed by atoms with Gasteiger partial charge in [0.05, 0.1) is 0 Å². The van der Waals surface area contributed by atoms with Crippen LogP contribution < -0.4 is 0 Å². The average molecular weight is 873 g/mol. The molecule has 0 saturated carbocycles. The molecule has 62 heavy (non-hydrogen) atoms. The van der Waals surface area contributed by atoms with Gasteiger partial charge in [0.25, 0.3) is 0 Å². The van der Waals surface area contributed by atoms with E-state index in [2.05, 4.69) is 45.1 Å². The van der Waals surface area contributed by atoms with E-state index in [0.717, 1.165) is 77.0 Å². The van der Waals surface area contributed by atoms with Crippen LogP contribution in [0.3, 0.4) is 0 Å². The van der Waals surface area contributed by atoms with Crippen molar-refractivity contribution in [2.75, 3.05) is 13.2 Å². The molecule has 0 spiro atoms. The molecule has 0 heterocycles. The molecular formula is C56H104O6. The van der Waals surface area contributed by atoms with E-state index in [4.69, 9.17) is 14.2 Å². The standard InChI is InChI=1S/C56H104O6/c1-4-7-10-13-16-19-22-25-27-28-29-30-32-34-37-40-43-46-49-55(58)61-52-53(51-60-54(57)48-45-42-39-36-33-24-21-18-15-12-9-6-3)62-56(59)50-47-44-41-38-35-31-26-23-20-17-14-11-8-5-2/h27-30,53H,4-26,31-52H2,1-3H3/b28-27-,30-29-. The van der Waals surface area contributed by atoms with Gasteiger partial charge in [-0.05, 0) is 44.9 Å². The third kappa shape index (κ3) is 48.9. The normalized spacial score (nSPS) is 12.1. The van der Waals surface area contributed by atoms with E-state index in [9.17, 15) is 14.4 Å². The molecule has 6 nitrogen and oxygen atoms in total. The fourth-order valence-electron chi connectivity index (χ4n) is 8.08. The van der Waals surface area contributed by atoms with Crippen LogP contribution in [-0.4, -0.2) is 37.2 Å². The van der Waals surface area contributed by atoms with Crippen LogP contribution in [0.1, 0.15) is 297 Å². The number of unbranched alkanes of at least 4 members (excludes halogenated alkanes) is 36. The van der Waals surface area contributed by atoms with Gasteiger partial charge in [0.15, 0.2) is 6.10 Å². The Balaban J connectivity index is 4.34. The highest BCUT2D eigenvalue weighted by molar-refractivity contribution is 5.71. The van der Waals surface area contributed by atoms with Crippen molar-refractivity contribution in [3.05, 3.63) is 24.3 Å². The summed E-state index contributed by atoms with van der Waals surface area (Å²) in [4.78, 5) is 38.0. The first-order valence-electron chi connectivity index (χ1n) is 27.4. The summed E-state index contributed by atoms with van der Waals surface area (Å²) in [5.41, 5.74) is 0. The summed E-state index contributed by atoms with van der Waals surface area (Å²) in [7, 11) is 0. The summed E-state index contributed by atoms with van der Waals surface area (Å²) >= 11 is 0. The molecule has 1 atom stereocenters. The van der Waals surface area contributed by atoms with Gasteiger partial charge < -0.3 is 14.2 Å². The third-order valence-corrected chi connectivity index (χ3v) is 12.2. The summed E-state index contributed by atoms with van der Waals surface area (Å²) in [6, 6.07) is 0. The Morgan fingerprint density at radius 1 is 0.323 bits per heavy atom. The maximum atomic E-state index is 12.8. The zero-order valence-electron chi connectivity index (χ0n) is 41.7. The highest BCUT2D eigenvalue weighted by Crippen LogP contribution is 2.16. The summed E-state index contributed by atoms with van der Waals surface area (Å²) in [6.07, 6.45) is 58.7. The summed E-state index contributed by atoms with van der Waals surface area (Å²) < 4.78 is 16.8. The zero-order valence-corrected chi connectivity index (χ0v) is 41.7. The van der Waals surface area contributed by atoms with Crippen molar-refractivity contribution < 1.29 is 28.6 Å². The van der Waals surface area contributed by atoms with Crippen molar-refractivity contribution in [2.45, 2.75) is 303 Å². The van der Waals surface area contributed by atoms with Crippen LogP contribution in [0.5, 0.6) is 0 Å². The van der Waals surface area contributed by atoms with Crippen LogP contribution in [0.4, 0.5) is 0 Å². The summed E-state index contributed by atoms with van der Waals surface area (Å²) in [6.45, 7) is 6.65. The summed E-state index contributed by atoms with van der Waals surface area (Å²) in [5.74, 6) is -0.870. The third-order valence-electron chi connectivity index (χ3n) is 12.2. The second-order valence-corrected chi connectivity index (χ2v) is 18.5. The SMILES string of the molecule is CCCCCCCCC/C=C\C=C/CCCCCCCC(=O)OCC(COC(=O)CCCCCCCCCCCCCC)OC(=O)CCCCCCCCCCCCCCCC. The second-order valence-electron chi connectivity index (χ2n) is 18.5. The molecule has 0 aromatic carbocycles. The van der Waals surface area contributed by atoms with Crippen molar-refractivity contribution in [1.29, 1.82) is 0 Å². The number of hydrogen-bond acceptors (Lipinski definition) is 6. The molecule has 0 radical (unpaired) electrons. The molecule has 0 aromatic rings. The highest BCUT2D eigenvalue weighted by Gasteiger charge is 2.19. The van der Waals surface area contributed by atoms with E-state index in [1.165, 1.54) is 180 Å². The number of rotatable bonds is 50. The fourth-order valence-corrected chi connectivity index (χ4v) is 8.08. The monoisotopic (exact) mass is 873 g/mol. The van der Waals surface area contributed by atoms with E-state index in [1.807, 2.05) is 0 Å². The van der Waals surface area contributed by atoms with Crippen molar-refractivity contribution in [2.24, 2.45) is 0 Å². The van der Waals surface area contributed by atoms with Gasteiger partial charge in [0.2, 0.25) is 0 Å². The van der Waals surface area contributed by atoms with Gasteiger partial charge in [0, 0.05) is 19.3 Å². The number of carbonyl (C=O) groups excluding carboxylic acids is 3. The van der Waals surface area contributed by atoms with Crippen molar-refractivity contribution >= 4 is 17.9 Å². The van der Waals surface area contributed by atoms with E-state index in [-0.39, 0.29) is 31.1 Å². The number of ether oxygens (including phenoxy) is 3. The quantitative estimate of drug-likeness (QED) is 0.0262. The Bertz CT molecular complexity index is 1000. The minimum Gasteiger partial charge on any atom is -0.462 e. The van der Waals surface area contributed by atoms with Gasteiger partial charge in [-0.15, -0.1) is 0 Å². The maximum absolute atomic E-state index is 12.8. The second kappa shape index (κ2) is 51.5. The van der Waals surface area contributed by atoms with Gasteiger partial charge in [-0.2, -0.15) is 0 Å². The van der Waals surface area contributed by atoms with Gasteiger partial charge in [-0.25, -0.2) is 0 Å². The molecule has 1 unspecified atom stereocenters. The first-order valence-corrected chi connectivity index (χ1v) is 27.4. The molecule has 6 heteroatoms. The smallest absolute Gasteiger partial charge is 0.306 e. The van der Waals surface area contributed by atoms with Crippen LogP contribution >= 0.6 is 0 Å². The Kier molecular flexibility index (Phi) is 49.8. The van der Waals surface area contributed by atoms with E-state index in [0.29, 0.717) is 19.3 Å². The van der Waals surface area contributed by atoms with Crippen molar-refractivity contribution in [1.82, 2.24) is 0 Å². The number of hydrogen-bond donors (Lipinski definition) is 0. The van der Waals surface area contributed by atoms with Crippen LogP contribution in [0.25, 0.3) is 0 Å². The largest absolute Gasteiger partial charge is 0.462 e. The number of esters is 3. The van der Waals surface area contributed by atoms with E-state index < -0.39 is 6.10 Å². The average Bonchev–Trinajstić information content (AvgIpc) is 3.27. The Morgan fingerprint density at radius 3 is 0.855 bits per heavy atom. The molecule has 0 fully saturated rings. The van der Waals surface area contributed by atoms with Gasteiger partial charge in [-0.3, -0.25) is 14.4 Å². The first kappa shape index (κ1) is 59.9. The lowest BCUT2D eigenvalue weighted by atomic mass is 10.0. The minimum atomic E-state index is -0.771. The van der Waals surface area contributed by atoms with Gasteiger partial charge in [-0.1, -0.05) is 257 Å². The summed E-state index contributed by atoms with van der Waals surface area (Å²) in [5, 5.41) is 0. The predicted octanol–water partition coefficient (Wildman–Crippen LogP) is 17.9. The lowest BCUT2D eigenvalue weighted by Gasteiger charge is -2.18. The molecule has 0 amide bonds. The van der Waals surface area contributed by atoms with Crippen LogP contribution in [-0.2, 0) is 28.6 Å². The van der Waals surface area contributed by atoms with Crippen LogP contribution in [0.15, 0.2) is 24.3 Å². The molecule has 0 aliphatic rings. The number of allylic oxidation sites excluding steroid dienone is 4. The molecule has 0 aliphatic carbocycles. The minimum absolute atomic E-state index is 0.0712. The fraction of sp³-hybridized carbons (Fsp3) is 0.875. The molecular weight excluding hydrogens is 769 g/mol. The Morgan fingerprint density at radius 2 is 0.565 bits per heavy atom. The molecule has 0 aliphatic heterocycles. The van der Waals surface area contributed by atoms with Crippen molar-refractivity contribution in [3.8, 4) is 0 Å². The Hall–Kier alpha value is -2.11. The lowest BCUT2D eigenvalue weighted by molar-refractivity contribution is -0.167. The van der Waals surface area contributed by atoms with Crippen molar-refractivity contribution in [3.63, 3.8) is 0 Å². The lowest BCUT2D eigenvalue weighted by Crippen LogP contribution is -2.30. The highest BCUT2D eigenvalue weighted by atomic mass is 16.6. The molecule has 0 bridgehead atoms. The topological polar surface area (TPSA) is 78.9 Å². The van der Waals surface area contributed by atoms with Crippen LogP contribution in [0, 0.1) is 0 Å². The molecule has 0 N–H and O–H groups in total. The Labute approximate surface area is 385 Å². The van der Waals surface area contributed by atoms with Gasteiger partial charge in [0.1, 0.15) is 13.2 Å².